The molecule has 1 aromatic heterocycles. The van der Waals surface area contributed by atoms with Crippen molar-refractivity contribution in [1.82, 2.24) is 14.4 Å². The van der Waals surface area contributed by atoms with Crippen LogP contribution in [0.1, 0.15) is 56.4 Å². The monoisotopic (exact) mass is 441 g/mol. The maximum atomic E-state index is 13.1. The molecule has 1 atom stereocenters. The average Bonchev–Trinajstić information content (AvgIpc) is 3.09. The number of aryl methyl sites for hydroxylation is 2. The van der Waals surface area contributed by atoms with Gasteiger partial charge in [-0.2, -0.15) is 4.31 Å². The van der Waals surface area contributed by atoms with E-state index in [4.69, 9.17) is 14.0 Å². The fraction of sp³-hybridized carbons (Fsp3) is 0.857. The van der Waals surface area contributed by atoms with Gasteiger partial charge in [0.1, 0.15) is 10.6 Å². The van der Waals surface area contributed by atoms with E-state index < -0.39 is 10.0 Å². The van der Waals surface area contributed by atoms with Gasteiger partial charge >= 0.3 is 0 Å². The molecule has 0 radical (unpaired) electrons. The normalized spacial score (nSPS) is 26.2. The second kappa shape index (κ2) is 8.86. The molecule has 4 rings (SSSR count). The van der Waals surface area contributed by atoms with Gasteiger partial charge in [0.2, 0.25) is 10.0 Å². The second-order valence-electron chi connectivity index (χ2n) is 8.96. The lowest BCUT2D eigenvalue weighted by Gasteiger charge is -2.63. The van der Waals surface area contributed by atoms with Gasteiger partial charge in [-0.1, -0.05) is 24.4 Å². The topological polar surface area (TPSA) is 85.1 Å². The molecule has 2 aliphatic heterocycles. The molecule has 1 saturated carbocycles. The van der Waals surface area contributed by atoms with Crippen LogP contribution in [-0.4, -0.2) is 80.4 Å². The Balaban J connectivity index is 1.41. The molecule has 30 heavy (non-hydrogen) atoms. The van der Waals surface area contributed by atoms with E-state index in [-0.39, 0.29) is 16.5 Å². The fourth-order valence-electron chi connectivity index (χ4n) is 5.74. The number of rotatable bonds is 7. The van der Waals surface area contributed by atoms with Crippen LogP contribution < -0.4 is 0 Å². The van der Waals surface area contributed by atoms with Gasteiger partial charge in [0.15, 0.2) is 5.76 Å². The molecule has 1 spiro atoms. The number of piperidine rings is 1. The minimum atomic E-state index is -3.56. The molecule has 8 nitrogen and oxygen atoms in total. The summed E-state index contributed by atoms with van der Waals surface area (Å²) in [6.45, 7) is 6.65. The van der Waals surface area contributed by atoms with Gasteiger partial charge < -0.3 is 14.0 Å². The first kappa shape index (κ1) is 22.2. The average molecular weight is 442 g/mol. The molecule has 2 saturated heterocycles. The molecule has 0 aromatic carbocycles. The molecule has 3 heterocycles. The van der Waals surface area contributed by atoms with E-state index >= 15 is 0 Å². The van der Waals surface area contributed by atoms with Crippen LogP contribution in [0.15, 0.2) is 9.42 Å². The highest BCUT2D eigenvalue weighted by Crippen LogP contribution is 2.47. The lowest BCUT2D eigenvalue weighted by Crippen LogP contribution is -2.75. The van der Waals surface area contributed by atoms with Crippen molar-refractivity contribution in [2.45, 2.75) is 81.4 Å². The molecule has 1 unspecified atom stereocenters. The Morgan fingerprint density at radius 1 is 1.13 bits per heavy atom. The molecule has 3 fully saturated rings. The summed E-state index contributed by atoms with van der Waals surface area (Å²) >= 11 is 0. The van der Waals surface area contributed by atoms with Crippen LogP contribution in [0.3, 0.4) is 0 Å². The number of hydrogen-bond donors (Lipinski definition) is 0. The van der Waals surface area contributed by atoms with Crippen molar-refractivity contribution in [3.8, 4) is 0 Å². The van der Waals surface area contributed by atoms with Gasteiger partial charge in [0.05, 0.1) is 19.3 Å². The number of methoxy groups -OCH3 is 1. The Hall–Kier alpha value is -1.00. The highest BCUT2D eigenvalue weighted by molar-refractivity contribution is 7.89. The van der Waals surface area contributed by atoms with Crippen LogP contribution in [-0.2, 0) is 19.5 Å². The Bertz CT molecular complexity index is 806. The number of sulfonamides is 1. The van der Waals surface area contributed by atoms with Crippen molar-refractivity contribution in [1.29, 1.82) is 0 Å². The van der Waals surface area contributed by atoms with E-state index in [0.717, 1.165) is 19.4 Å². The molecular formula is C21H35N3O5S. The van der Waals surface area contributed by atoms with Gasteiger partial charge in [-0.05, 0) is 39.5 Å². The summed E-state index contributed by atoms with van der Waals surface area (Å²) in [5.74, 6) is 0.370. The van der Waals surface area contributed by atoms with Crippen LogP contribution in [0.5, 0.6) is 0 Å². The largest absolute Gasteiger partial charge is 0.382 e. The van der Waals surface area contributed by atoms with E-state index in [1.54, 1.807) is 25.3 Å². The van der Waals surface area contributed by atoms with Gasteiger partial charge in [-0.25, -0.2) is 8.42 Å². The first-order valence-electron chi connectivity index (χ1n) is 11.2. The van der Waals surface area contributed by atoms with Crippen molar-refractivity contribution in [2.75, 3.05) is 40.0 Å². The Labute approximate surface area is 179 Å². The van der Waals surface area contributed by atoms with Gasteiger partial charge in [0, 0.05) is 38.3 Å². The molecule has 0 bridgehead atoms. The molecule has 1 aliphatic carbocycles. The Morgan fingerprint density at radius 3 is 2.43 bits per heavy atom. The maximum Gasteiger partial charge on any atom is 0.248 e. The van der Waals surface area contributed by atoms with Crippen molar-refractivity contribution in [3.63, 3.8) is 0 Å². The van der Waals surface area contributed by atoms with Gasteiger partial charge in [0.25, 0.3) is 0 Å². The quantitative estimate of drug-likeness (QED) is 0.601. The van der Waals surface area contributed by atoms with Gasteiger partial charge in [-0.15, -0.1) is 0 Å². The first-order chi connectivity index (χ1) is 14.4. The number of nitrogens with zero attached hydrogens (tertiary/aromatic N) is 3. The zero-order valence-corrected chi connectivity index (χ0v) is 19.2. The summed E-state index contributed by atoms with van der Waals surface area (Å²) in [6.07, 6.45) is 8.15. The van der Waals surface area contributed by atoms with Crippen molar-refractivity contribution >= 4 is 10.0 Å². The summed E-state index contributed by atoms with van der Waals surface area (Å²) in [6, 6.07) is 0.418. The molecule has 170 valence electrons. The summed E-state index contributed by atoms with van der Waals surface area (Å²) in [7, 11) is -1.85. The standard InChI is InChI=1S/C21H35N3O5S/c1-16-20(17(2)29-22-16)30(25,26)23-11-7-18(8-12-23)24-15-19(28-14-13-27-3)21(24)9-5-4-6-10-21/h18-19H,4-15H2,1-3H3. The van der Waals surface area contributed by atoms with E-state index in [1.165, 1.54) is 32.1 Å². The van der Waals surface area contributed by atoms with Crippen LogP contribution in [0.25, 0.3) is 0 Å². The highest BCUT2D eigenvalue weighted by atomic mass is 32.2. The zero-order chi connectivity index (χ0) is 21.4. The zero-order valence-electron chi connectivity index (χ0n) is 18.4. The molecule has 0 N–H and O–H groups in total. The van der Waals surface area contributed by atoms with Crippen molar-refractivity contribution in [2.24, 2.45) is 0 Å². The summed E-state index contributed by atoms with van der Waals surface area (Å²) in [5.41, 5.74) is 0.578. The molecule has 0 amide bonds. The van der Waals surface area contributed by atoms with Crippen LogP contribution >= 0.6 is 0 Å². The first-order valence-corrected chi connectivity index (χ1v) is 12.6. The van der Waals surface area contributed by atoms with Crippen LogP contribution in [0.2, 0.25) is 0 Å². The number of hydrogen-bond acceptors (Lipinski definition) is 7. The Kier molecular flexibility index (Phi) is 6.56. The summed E-state index contributed by atoms with van der Waals surface area (Å²) in [4.78, 5) is 2.88. The second-order valence-corrected chi connectivity index (χ2v) is 10.8. The maximum absolute atomic E-state index is 13.1. The van der Waals surface area contributed by atoms with E-state index in [9.17, 15) is 8.42 Å². The van der Waals surface area contributed by atoms with E-state index in [1.807, 2.05) is 0 Å². The molecule has 9 heteroatoms. The van der Waals surface area contributed by atoms with Crippen molar-refractivity contribution in [3.05, 3.63) is 11.5 Å². The minimum absolute atomic E-state index is 0.138. The number of aromatic nitrogens is 1. The fourth-order valence-corrected chi connectivity index (χ4v) is 7.50. The Morgan fingerprint density at radius 2 is 1.83 bits per heavy atom. The van der Waals surface area contributed by atoms with Gasteiger partial charge in [-0.3, -0.25) is 4.90 Å². The lowest BCUT2D eigenvalue weighted by molar-refractivity contribution is -0.203. The minimum Gasteiger partial charge on any atom is -0.382 e. The van der Waals surface area contributed by atoms with Crippen LogP contribution in [0, 0.1) is 13.8 Å². The molecule has 1 aromatic rings. The summed E-state index contributed by atoms with van der Waals surface area (Å²) < 4.78 is 44.3. The van der Waals surface area contributed by atoms with E-state index in [2.05, 4.69) is 10.1 Å². The van der Waals surface area contributed by atoms with E-state index in [0.29, 0.717) is 43.8 Å². The molecule has 3 aliphatic rings. The third-order valence-electron chi connectivity index (χ3n) is 7.29. The third kappa shape index (κ3) is 3.83. The highest BCUT2D eigenvalue weighted by Gasteiger charge is 2.56. The predicted octanol–water partition coefficient (Wildman–Crippen LogP) is 2.49. The SMILES string of the molecule is COCCOC1CN(C2CCN(S(=O)(=O)c3c(C)noc3C)CC2)C12CCCCC2. The van der Waals surface area contributed by atoms with Crippen molar-refractivity contribution < 1.29 is 22.4 Å². The molecular weight excluding hydrogens is 406 g/mol. The number of ether oxygens (including phenoxy) is 2. The van der Waals surface area contributed by atoms with Crippen LogP contribution in [0.4, 0.5) is 0 Å². The third-order valence-corrected chi connectivity index (χ3v) is 9.43. The lowest BCUT2D eigenvalue weighted by atomic mass is 9.69. The predicted molar refractivity (Wildman–Crippen MR) is 112 cm³/mol. The summed E-state index contributed by atoms with van der Waals surface area (Å²) in [5, 5.41) is 3.83. The smallest absolute Gasteiger partial charge is 0.248 e. The number of likely N-dealkylation sites (tertiary alicyclic amines) is 1.